The van der Waals surface area contributed by atoms with Crippen LogP contribution < -0.4 is 0 Å². The molecule has 0 unspecified atom stereocenters. The molecule has 0 saturated carbocycles. The average Bonchev–Trinajstić information content (AvgIpc) is 0. The first-order chi connectivity index (χ1) is 0. The van der Waals surface area contributed by atoms with Crippen molar-refractivity contribution in [3.05, 3.63) is 0 Å². The van der Waals surface area contributed by atoms with Crippen LogP contribution in [0.1, 0.15) is 2.85 Å². The van der Waals surface area contributed by atoms with E-state index in [9.17, 15) is 0 Å². The van der Waals surface area contributed by atoms with Crippen molar-refractivity contribution in [1.29, 1.82) is 0 Å². The Balaban J connectivity index is 0. The van der Waals surface area contributed by atoms with E-state index in [1.54, 1.807) is 0 Å². The molecular formula is H2CrMnTiZr. The van der Waals surface area contributed by atoms with Gasteiger partial charge in [0.2, 0.25) is 0 Å². The maximum Gasteiger partial charge on any atom is 2.00 e. The summed E-state index contributed by atoms with van der Waals surface area (Å²) in [6, 6.07) is 0. The predicted octanol–water partition coefficient (Wildman–Crippen LogP) is 0.215. The maximum atomic E-state index is 0. The second-order valence-electron chi connectivity index (χ2n) is 0. The largest absolute Gasteiger partial charge is 2.00 e. The Morgan fingerprint density at radius 3 is 1.25 bits per heavy atom. The van der Waals surface area contributed by atoms with Gasteiger partial charge in [-0.1, -0.05) is 0 Å². The molecule has 0 heterocycles. The molecule has 0 spiro atoms. The molecule has 0 aromatic carbocycles. The average molecular weight is 248 g/mol. The van der Waals surface area contributed by atoms with Gasteiger partial charge in [0.25, 0.3) is 0 Å². The zero-order valence-electron chi connectivity index (χ0n) is 3.79. The topological polar surface area (TPSA) is 0 Å². The molecule has 0 aliphatic heterocycles. The Bertz CT molecular complexity index is 13.5. The van der Waals surface area contributed by atoms with Crippen LogP contribution in [0.2, 0.25) is 0 Å². The Hall–Kier alpha value is 2.65. The molecule has 0 amide bonds. The Morgan fingerprint density at radius 2 is 1.25 bits per heavy atom. The van der Waals surface area contributed by atoms with Gasteiger partial charge < -0.3 is 2.85 Å². The van der Waals surface area contributed by atoms with Crippen molar-refractivity contribution in [1.82, 2.24) is 0 Å². The van der Waals surface area contributed by atoms with Crippen molar-refractivity contribution in [3.8, 4) is 0 Å². The van der Waals surface area contributed by atoms with E-state index in [1.165, 1.54) is 0 Å². The summed E-state index contributed by atoms with van der Waals surface area (Å²) in [6.45, 7) is 0. The van der Waals surface area contributed by atoms with Gasteiger partial charge in [-0.05, 0) is 0 Å². The van der Waals surface area contributed by atoms with Crippen LogP contribution in [0.4, 0.5) is 0 Å². The molecule has 1 radical (unpaired) electrons. The molecule has 4 heteroatoms. The Morgan fingerprint density at radius 1 is 1.25 bits per heavy atom. The van der Waals surface area contributed by atoms with Gasteiger partial charge in [-0.2, -0.15) is 0 Å². The molecule has 4 heavy (non-hydrogen) atoms. The molecule has 0 nitrogen and oxygen atoms in total. The third-order valence-electron chi connectivity index (χ3n) is 0. The van der Waals surface area contributed by atoms with Gasteiger partial charge in [0.15, 0.2) is 0 Å². The fraction of sp³-hybridized carbons (Fsp3) is 0. The number of hydrogen-bond donors (Lipinski definition) is 0. The second kappa shape index (κ2) is 17.4. The van der Waals surface area contributed by atoms with E-state index in [0.717, 1.165) is 0 Å². The van der Waals surface area contributed by atoms with Crippen molar-refractivity contribution < 1.29 is 85.2 Å². The fourth-order valence-electron chi connectivity index (χ4n) is 0. The molecule has 0 saturated heterocycles. The van der Waals surface area contributed by atoms with E-state index in [4.69, 9.17) is 0 Å². The van der Waals surface area contributed by atoms with Crippen molar-refractivity contribution >= 4 is 0 Å². The minimum Gasteiger partial charge on any atom is -1.00 e. The first kappa shape index (κ1) is 30.2. The van der Waals surface area contributed by atoms with Gasteiger partial charge in [0.1, 0.15) is 0 Å². The van der Waals surface area contributed by atoms with Crippen LogP contribution in [0.5, 0.6) is 0 Å². The first-order valence-corrected chi connectivity index (χ1v) is 0. The first-order valence-electron chi connectivity index (χ1n) is 0. The fourth-order valence-corrected chi connectivity index (χ4v) is 0. The summed E-state index contributed by atoms with van der Waals surface area (Å²) in [5, 5.41) is 0. The summed E-state index contributed by atoms with van der Waals surface area (Å²) in [5.74, 6) is 0. The molecule has 0 aliphatic rings. The quantitative estimate of drug-likeness (QED) is 0.538. The standard InChI is InChI=1S/Cr.Mn.Ti.Zr.2H/q;+2;;;2*-1. The minimum absolute atomic E-state index is 0. The van der Waals surface area contributed by atoms with Crippen molar-refractivity contribution in [2.45, 2.75) is 0 Å². The van der Waals surface area contributed by atoms with E-state index < -0.39 is 0 Å². The van der Waals surface area contributed by atoms with Crippen LogP contribution in [-0.4, -0.2) is 0 Å². The van der Waals surface area contributed by atoms with Gasteiger partial charge in [0.05, 0.1) is 0 Å². The summed E-state index contributed by atoms with van der Waals surface area (Å²) in [7, 11) is 0. The summed E-state index contributed by atoms with van der Waals surface area (Å²) >= 11 is 0. The Labute approximate surface area is 84.1 Å². The smallest absolute Gasteiger partial charge is 1.00 e. The summed E-state index contributed by atoms with van der Waals surface area (Å²) < 4.78 is 0. The van der Waals surface area contributed by atoms with Crippen LogP contribution >= 0.6 is 0 Å². The van der Waals surface area contributed by atoms with E-state index in [2.05, 4.69) is 0 Å². The van der Waals surface area contributed by atoms with Gasteiger partial charge in [-0.25, -0.2) is 0 Å². The summed E-state index contributed by atoms with van der Waals surface area (Å²) in [5.41, 5.74) is 0. The predicted molar refractivity (Wildman–Crippen MR) is 2.22 cm³/mol. The third-order valence-corrected chi connectivity index (χ3v) is 0. The molecule has 0 N–H and O–H groups in total. The minimum atomic E-state index is 0. The van der Waals surface area contributed by atoms with Gasteiger partial charge in [-0.15, -0.1) is 0 Å². The molecule has 0 bridgehead atoms. The Kier molecular flexibility index (Phi) is 132. The third kappa shape index (κ3) is 8.82. The SMILES string of the molecule is [Cr].[H-].[H-].[Mn+2].[Ti].[Zr]. The maximum absolute atomic E-state index is 0. The second-order valence-corrected chi connectivity index (χ2v) is 0. The molecule has 23 valence electrons. The normalized spacial score (nSPS) is 0. The molecular weight excluding hydrogens is 246 g/mol. The van der Waals surface area contributed by atoms with E-state index in [-0.39, 0.29) is 85.2 Å². The van der Waals surface area contributed by atoms with E-state index in [0.29, 0.717) is 0 Å². The zero-order chi connectivity index (χ0) is 0. The zero-order valence-corrected chi connectivity index (χ0v) is 8.26. The molecule has 0 aromatic heterocycles. The number of hydrogen-bond acceptors (Lipinski definition) is 0. The van der Waals surface area contributed by atoms with Crippen molar-refractivity contribution in [2.75, 3.05) is 0 Å². The molecule has 0 atom stereocenters. The van der Waals surface area contributed by atoms with Crippen LogP contribution in [0.25, 0.3) is 0 Å². The number of rotatable bonds is 0. The molecule has 0 rings (SSSR count). The summed E-state index contributed by atoms with van der Waals surface area (Å²) in [4.78, 5) is 0. The van der Waals surface area contributed by atoms with Gasteiger partial charge in [-0.3, -0.25) is 0 Å². The van der Waals surface area contributed by atoms with Gasteiger partial charge in [0, 0.05) is 65.3 Å². The van der Waals surface area contributed by atoms with Crippen molar-refractivity contribution in [3.63, 3.8) is 0 Å². The monoisotopic (exact) mass is 247 g/mol. The van der Waals surface area contributed by atoms with Crippen LogP contribution in [-0.2, 0) is 82.4 Å². The van der Waals surface area contributed by atoms with E-state index >= 15 is 0 Å². The summed E-state index contributed by atoms with van der Waals surface area (Å²) in [6.07, 6.45) is 0. The van der Waals surface area contributed by atoms with Crippen LogP contribution in [0.3, 0.4) is 0 Å². The molecule has 0 fully saturated rings. The van der Waals surface area contributed by atoms with Crippen LogP contribution in [0, 0.1) is 0 Å². The molecule has 0 aliphatic carbocycles. The van der Waals surface area contributed by atoms with Crippen molar-refractivity contribution in [2.24, 2.45) is 0 Å². The molecule has 0 aromatic rings. The van der Waals surface area contributed by atoms with Crippen LogP contribution in [0.15, 0.2) is 0 Å². The van der Waals surface area contributed by atoms with Gasteiger partial charge >= 0.3 is 17.1 Å². The van der Waals surface area contributed by atoms with E-state index in [1.807, 2.05) is 0 Å².